The van der Waals surface area contributed by atoms with Crippen molar-refractivity contribution in [3.05, 3.63) is 81.4 Å². The fourth-order valence-electron chi connectivity index (χ4n) is 2.60. The molecule has 0 spiro atoms. The van der Waals surface area contributed by atoms with Gasteiger partial charge in [0.2, 0.25) is 0 Å². The molecule has 5 nitrogen and oxygen atoms in total. The SMILES string of the molecule is Cc1noc(C)c1C(=O)Nc1ccc(Cl)cc1C(=O)c1ccccc1F. The van der Waals surface area contributed by atoms with Crippen LogP contribution < -0.4 is 5.32 Å². The van der Waals surface area contributed by atoms with Crippen LogP contribution in [0.25, 0.3) is 0 Å². The number of halogens is 2. The molecule has 0 aliphatic carbocycles. The number of amides is 1. The van der Waals surface area contributed by atoms with Crippen molar-refractivity contribution < 1.29 is 18.5 Å². The third-order valence-corrected chi connectivity index (χ3v) is 4.09. The van der Waals surface area contributed by atoms with E-state index in [-0.39, 0.29) is 22.4 Å². The molecule has 7 heteroatoms. The topological polar surface area (TPSA) is 72.2 Å². The van der Waals surface area contributed by atoms with Gasteiger partial charge in [-0.1, -0.05) is 28.9 Å². The number of nitrogens with zero attached hydrogens (tertiary/aromatic N) is 1. The minimum absolute atomic E-state index is 0.0858. The van der Waals surface area contributed by atoms with Gasteiger partial charge in [-0.05, 0) is 44.2 Å². The van der Waals surface area contributed by atoms with Gasteiger partial charge >= 0.3 is 0 Å². The van der Waals surface area contributed by atoms with Crippen molar-refractivity contribution >= 4 is 29.0 Å². The van der Waals surface area contributed by atoms with Gasteiger partial charge in [0.1, 0.15) is 17.1 Å². The van der Waals surface area contributed by atoms with Crippen LogP contribution in [-0.2, 0) is 0 Å². The highest BCUT2D eigenvalue weighted by molar-refractivity contribution is 6.31. The predicted molar refractivity (Wildman–Crippen MR) is 95.2 cm³/mol. The van der Waals surface area contributed by atoms with Crippen LogP contribution in [0.2, 0.25) is 5.02 Å². The number of nitrogens with one attached hydrogen (secondary N) is 1. The summed E-state index contributed by atoms with van der Waals surface area (Å²) in [6, 6.07) is 10.0. The van der Waals surface area contributed by atoms with Crippen LogP contribution in [0.4, 0.5) is 10.1 Å². The first kappa shape index (κ1) is 17.8. The first-order valence-corrected chi connectivity index (χ1v) is 8.09. The molecule has 0 aliphatic rings. The molecule has 0 saturated carbocycles. The highest BCUT2D eigenvalue weighted by Crippen LogP contribution is 2.26. The number of aromatic nitrogens is 1. The maximum atomic E-state index is 14.0. The summed E-state index contributed by atoms with van der Waals surface area (Å²) < 4.78 is 19.0. The van der Waals surface area contributed by atoms with E-state index in [2.05, 4.69) is 10.5 Å². The molecule has 3 aromatic rings. The van der Waals surface area contributed by atoms with E-state index in [0.29, 0.717) is 16.5 Å². The Bertz CT molecular complexity index is 994. The molecule has 0 unspecified atom stereocenters. The molecule has 26 heavy (non-hydrogen) atoms. The lowest BCUT2D eigenvalue weighted by molar-refractivity contribution is 0.102. The molecular weight excluding hydrogens is 359 g/mol. The van der Waals surface area contributed by atoms with Crippen molar-refractivity contribution in [1.82, 2.24) is 5.16 Å². The summed E-state index contributed by atoms with van der Waals surface area (Å²) in [7, 11) is 0. The average molecular weight is 373 g/mol. The van der Waals surface area contributed by atoms with Gasteiger partial charge in [0.25, 0.3) is 5.91 Å². The number of hydrogen-bond acceptors (Lipinski definition) is 4. The summed E-state index contributed by atoms with van der Waals surface area (Å²) in [6.45, 7) is 3.25. The van der Waals surface area contributed by atoms with Crippen LogP contribution in [0.3, 0.4) is 0 Å². The highest BCUT2D eigenvalue weighted by atomic mass is 35.5. The third-order valence-electron chi connectivity index (χ3n) is 3.85. The highest BCUT2D eigenvalue weighted by Gasteiger charge is 2.22. The van der Waals surface area contributed by atoms with Crippen molar-refractivity contribution in [2.45, 2.75) is 13.8 Å². The fraction of sp³-hybridized carbons (Fsp3) is 0.105. The third kappa shape index (κ3) is 3.36. The van der Waals surface area contributed by atoms with Crippen LogP contribution in [0.5, 0.6) is 0 Å². The fourth-order valence-corrected chi connectivity index (χ4v) is 2.77. The average Bonchev–Trinajstić information content (AvgIpc) is 2.95. The molecule has 0 atom stereocenters. The van der Waals surface area contributed by atoms with E-state index in [1.165, 1.54) is 36.4 Å². The molecule has 0 saturated heterocycles. The number of benzene rings is 2. The standard InChI is InChI=1S/C19H14ClFN2O3/c1-10-17(11(2)26-23-10)19(25)22-16-8-7-12(20)9-14(16)18(24)13-5-3-4-6-15(13)21/h3-9H,1-2H3,(H,22,25). The lowest BCUT2D eigenvalue weighted by Crippen LogP contribution is -2.17. The summed E-state index contributed by atoms with van der Waals surface area (Å²) in [6.07, 6.45) is 0. The van der Waals surface area contributed by atoms with E-state index in [1.54, 1.807) is 19.9 Å². The van der Waals surface area contributed by atoms with Gasteiger partial charge in [-0.25, -0.2) is 4.39 Å². The summed E-state index contributed by atoms with van der Waals surface area (Å²) in [5.41, 5.74) is 0.901. The van der Waals surface area contributed by atoms with E-state index in [0.717, 1.165) is 0 Å². The predicted octanol–water partition coefficient (Wildman–Crippen LogP) is 4.57. The number of carbonyl (C=O) groups is 2. The van der Waals surface area contributed by atoms with E-state index in [1.807, 2.05) is 0 Å². The lowest BCUT2D eigenvalue weighted by atomic mass is 10.0. The van der Waals surface area contributed by atoms with Crippen molar-refractivity contribution in [3.8, 4) is 0 Å². The summed E-state index contributed by atoms with van der Waals surface area (Å²) in [5.74, 6) is -1.36. The lowest BCUT2D eigenvalue weighted by Gasteiger charge is -2.11. The van der Waals surface area contributed by atoms with Crippen LogP contribution in [0.1, 0.15) is 37.7 Å². The zero-order chi connectivity index (χ0) is 18.8. The van der Waals surface area contributed by atoms with E-state index >= 15 is 0 Å². The number of hydrogen-bond donors (Lipinski definition) is 1. The quantitative estimate of drug-likeness (QED) is 0.681. The summed E-state index contributed by atoms with van der Waals surface area (Å²) in [5, 5.41) is 6.68. The van der Waals surface area contributed by atoms with Crippen LogP contribution in [0, 0.1) is 19.7 Å². The monoisotopic (exact) mass is 372 g/mol. The van der Waals surface area contributed by atoms with Crippen LogP contribution in [0.15, 0.2) is 47.0 Å². The second kappa shape index (κ2) is 7.09. The number of anilines is 1. The van der Waals surface area contributed by atoms with Gasteiger partial charge in [0, 0.05) is 10.6 Å². The van der Waals surface area contributed by atoms with Crippen molar-refractivity contribution in [2.24, 2.45) is 0 Å². The zero-order valence-electron chi connectivity index (χ0n) is 14.0. The van der Waals surface area contributed by atoms with Gasteiger partial charge in [-0.2, -0.15) is 0 Å². The van der Waals surface area contributed by atoms with Gasteiger partial charge in [-0.3, -0.25) is 9.59 Å². The number of carbonyl (C=O) groups excluding carboxylic acids is 2. The molecule has 1 aromatic heterocycles. The Morgan fingerprint density at radius 2 is 1.85 bits per heavy atom. The summed E-state index contributed by atoms with van der Waals surface area (Å²) in [4.78, 5) is 25.3. The number of ketones is 1. The number of rotatable bonds is 4. The molecule has 3 rings (SSSR count). The molecule has 0 aliphatic heterocycles. The van der Waals surface area contributed by atoms with Crippen molar-refractivity contribution in [1.29, 1.82) is 0 Å². The minimum Gasteiger partial charge on any atom is -0.361 e. The molecule has 0 radical (unpaired) electrons. The Kier molecular flexibility index (Phi) is 4.86. The second-order valence-corrected chi connectivity index (χ2v) is 6.09. The van der Waals surface area contributed by atoms with Crippen LogP contribution >= 0.6 is 11.6 Å². The summed E-state index contributed by atoms with van der Waals surface area (Å²) >= 11 is 5.99. The minimum atomic E-state index is -0.652. The first-order chi connectivity index (χ1) is 12.4. The maximum Gasteiger partial charge on any atom is 0.261 e. The Morgan fingerprint density at radius 3 is 2.50 bits per heavy atom. The Labute approximate surface area is 153 Å². The Morgan fingerprint density at radius 1 is 1.12 bits per heavy atom. The molecular formula is C19H14ClFN2O3. The normalized spacial score (nSPS) is 10.6. The molecule has 1 N–H and O–H groups in total. The molecule has 2 aromatic carbocycles. The van der Waals surface area contributed by atoms with Gasteiger partial charge in [0.15, 0.2) is 5.78 Å². The second-order valence-electron chi connectivity index (χ2n) is 5.65. The van der Waals surface area contributed by atoms with Crippen molar-refractivity contribution in [2.75, 3.05) is 5.32 Å². The molecule has 132 valence electrons. The van der Waals surface area contributed by atoms with Gasteiger partial charge < -0.3 is 9.84 Å². The van der Waals surface area contributed by atoms with Crippen molar-refractivity contribution in [3.63, 3.8) is 0 Å². The Balaban J connectivity index is 2.00. The first-order valence-electron chi connectivity index (χ1n) is 7.71. The van der Waals surface area contributed by atoms with E-state index in [9.17, 15) is 14.0 Å². The smallest absolute Gasteiger partial charge is 0.261 e. The molecule has 1 heterocycles. The molecule has 0 bridgehead atoms. The Hall–Kier alpha value is -2.99. The molecule has 0 fully saturated rings. The van der Waals surface area contributed by atoms with Gasteiger partial charge in [-0.15, -0.1) is 0 Å². The largest absolute Gasteiger partial charge is 0.361 e. The van der Waals surface area contributed by atoms with E-state index in [4.69, 9.17) is 16.1 Å². The van der Waals surface area contributed by atoms with Crippen LogP contribution in [-0.4, -0.2) is 16.8 Å². The van der Waals surface area contributed by atoms with Gasteiger partial charge in [0.05, 0.1) is 16.9 Å². The molecule has 1 amide bonds. The van der Waals surface area contributed by atoms with E-state index < -0.39 is 17.5 Å². The zero-order valence-corrected chi connectivity index (χ0v) is 14.7. The number of aryl methyl sites for hydroxylation is 2. The maximum absolute atomic E-state index is 14.0.